The zero-order chi connectivity index (χ0) is 21.3. The Morgan fingerprint density at radius 3 is 2.80 bits per heavy atom. The van der Waals surface area contributed by atoms with Gasteiger partial charge in [0.2, 0.25) is 5.91 Å². The molecule has 1 aromatic heterocycles. The van der Waals surface area contributed by atoms with E-state index in [1.165, 1.54) is 28.4 Å². The van der Waals surface area contributed by atoms with Gasteiger partial charge in [0.15, 0.2) is 4.80 Å². The number of hydrogen-bond acceptors (Lipinski definition) is 6. The third kappa shape index (κ3) is 6.01. The van der Waals surface area contributed by atoms with Gasteiger partial charge in [-0.15, -0.1) is 11.8 Å². The lowest BCUT2D eigenvalue weighted by molar-refractivity contribution is -0.384. The smallest absolute Gasteiger partial charge is 0.270 e. The molecule has 0 saturated carbocycles. The predicted molar refractivity (Wildman–Crippen MR) is 120 cm³/mol. The third-order valence-corrected chi connectivity index (χ3v) is 6.45. The van der Waals surface area contributed by atoms with Gasteiger partial charge in [-0.2, -0.15) is 4.99 Å². The summed E-state index contributed by atoms with van der Waals surface area (Å²) in [6, 6.07) is 14.8. The van der Waals surface area contributed by atoms with Crippen LogP contribution >= 0.6 is 23.1 Å². The zero-order valence-electron chi connectivity index (χ0n) is 16.7. The molecule has 0 aliphatic heterocycles. The van der Waals surface area contributed by atoms with Crippen LogP contribution in [0.25, 0.3) is 10.2 Å². The second-order valence-corrected chi connectivity index (χ2v) is 8.59. The minimum atomic E-state index is -0.421. The maximum absolute atomic E-state index is 12.4. The summed E-state index contributed by atoms with van der Waals surface area (Å²) >= 11 is 3.00. The molecule has 0 aliphatic rings. The van der Waals surface area contributed by atoms with Gasteiger partial charge in [0.25, 0.3) is 5.69 Å². The second kappa shape index (κ2) is 11.1. The van der Waals surface area contributed by atoms with Gasteiger partial charge in [-0.25, -0.2) is 0 Å². The molecule has 9 heteroatoms. The maximum atomic E-state index is 12.4. The number of fused-ring (bicyclic) bond motifs is 1. The normalized spacial score (nSPS) is 11.8. The Morgan fingerprint density at radius 2 is 2.07 bits per heavy atom. The molecule has 0 fully saturated rings. The minimum absolute atomic E-state index is 0.0246. The fourth-order valence-corrected chi connectivity index (χ4v) is 4.85. The van der Waals surface area contributed by atoms with Crippen LogP contribution in [0, 0.1) is 10.1 Å². The van der Waals surface area contributed by atoms with Crippen LogP contribution in [0.15, 0.2) is 58.4 Å². The largest absolute Gasteiger partial charge is 0.380 e. The number of benzene rings is 2. The van der Waals surface area contributed by atoms with Gasteiger partial charge in [0.05, 0.1) is 21.7 Å². The van der Waals surface area contributed by atoms with Gasteiger partial charge >= 0.3 is 0 Å². The van der Waals surface area contributed by atoms with E-state index in [2.05, 4.69) is 17.1 Å². The fourth-order valence-electron chi connectivity index (χ4n) is 2.87. The Labute approximate surface area is 182 Å². The number of carbonyl (C=O) groups excluding carboxylic acids is 1. The molecule has 1 heterocycles. The number of aromatic nitrogens is 1. The Hall–Kier alpha value is -2.49. The predicted octanol–water partition coefficient (Wildman–Crippen LogP) is 4.65. The molecule has 0 bridgehead atoms. The van der Waals surface area contributed by atoms with Crippen LogP contribution in [0.3, 0.4) is 0 Å². The lowest BCUT2D eigenvalue weighted by atomic mass is 10.3. The molecule has 1 amide bonds. The van der Waals surface area contributed by atoms with E-state index in [1.807, 2.05) is 29.7 Å². The Kier molecular flexibility index (Phi) is 8.18. The average Bonchev–Trinajstić information content (AvgIpc) is 3.08. The highest BCUT2D eigenvalue weighted by Gasteiger charge is 2.13. The SMILES string of the molecule is CCOCCn1c(=NC(=O)CCCSc2ccccc2)sc2cc([N+](=O)[O-])ccc21. The molecule has 0 N–H and O–H groups in total. The molecule has 0 saturated heterocycles. The number of thioether (sulfide) groups is 1. The summed E-state index contributed by atoms with van der Waals surface area (Å²) in [4.78, 5) is 29.1. The number of amides is 1. The molecule has 0 atom stereocenters. The molecule has 0 spiro atoms. The van der Waals surface area contributed by atoms with Crippen molar-refractivity contribution in [2.75, 3.05) is 19.0 Å². The van der Waals surface area contributed by atoms with Crippen molar-refractivity contribution in [1.82, 2.24) is 4.57 Å². The summed E-state index contributed by atoms with van der Waals surface area (Å²) in [5, 5.41) is 11.1. The molecular weight excluding hydrogens is 422 g/mol. The van der Waals surface area contributed by atoms with Gasteiger partial charge in [-0.3, -0.25) is 14.9 Å². The van der Waals surface area contributed by atoms with Crippen molar-refractivity contribution in [2.24, 2.45) is 4.99 Å². The van der Waals surface area contributed by atoms with Crippen molar-refractivity contribution in [3.8, 4) is 0 Å². The van der Waals surface area contributed by atoms with Gasteiger partial charge in [-0.1, -0.05) is 29.5 Å². The first-order valence-electron chi connectivity index (χ1n) is 9.69. The maximum Gasteiger partial charge on any atom is 0.270 e. The van der Waals surface area contributed by atoms with E-state index in [1.54, 1.807) is 17.8 Å². The standard InChI is InChI=1S/C21H23N3O4S2/c1-2-28-13-12-23-18-11-10-16(24(26)27)15-19(18)30-21(23)22-20(25)9-6-14-29-17-7-4-3-5-8-17/h3-5,7-8,10-11,15H,2,6,9,12-14H2,1H3. The number of ether oxygens (including phenoxy) is 1. The van der Waals surface area contributed by atoms with E-state index in [4.69, 9.17) is 4.74 Å². The summed E-state index contributed by atoms with van der Waals surface area (Å²) < 4.78 is 8.07. The van der Waals surface area contributed by atoms with Gasteiger partial charge in [0, 0.05) is 36.6 Å². The van der Waals surface area contributed by atoms with Crippen LogP contribution < -0.4 is 4.80 Å². The summed E-state index contributed by atoms with van der Waals surface area (Å²) in [5.41, 5.74) is 0.841. The van der Waals surface area contributed by atoms with E-state index >= 15 is 0 Å². The number of hydrogen-bond donors (Lipinski definition) is 0. The summed E-state index contributed by atoms with van der Waals surface area (Å²) in [5.74, 6) is 0.656. The van der Waals surface area contributed by atoms with E-state index in [0.717, 1.165) is 22.4 Å². The van der Waals surface area contributed by atoms with Crippen molar-refractivity contribution in [1.29, 1.82) is 0 Å². The lowest BCUT2D eigenvalue weighted by Gasteiger charge is -2.05. The topological polar surface area (TPSA) is 86.7 Å². The van der Waals surface area contributed by atoms with E-state index in [9.17, 15) is 14.9 Å². The Balaban J connectivity index is 1.74. The Bertz CT molecular complexity index is 1080. The van der Waals surface area contributed by atoms with Crippen LogP contribution in [0.2, 0.25) is 0 Å². The van der Waals surface area contributed by atoms with Crippen LogP contribution in [0.4, 0.5) is 5.69 Å². The van der Waals surface area contributed by atoms with Gasteiger partial charge < -0.3 is 9.30 Å². The number of nitro groups is 1. The van der Waals surface area contributed by atoms with Crippen LogP contribution in [0.1, 0.15) is 19.8 Å². The second-order valence-electron chi connectivity index (χ2n) is 6.41. The highest BCUT2D eigenvalue weighted by molar-refractivity contribution is 7.99. The molecule has 3 aromatic rings. The first-order valence-corrected chi connectivity index (χ1v) is 11.5. The van der Waals surface area contributed by atoms with E-state index in [0.29, 0.717) is 31.0 Å². The van der Waals surface area contributed by atoms with Crippen molar-refractivity contribution >= 4 is 44.9 Å². The first kappa shape index (κ1) is 22.2. The summed E-state index contributed by atoms with van der Waals surface area (Å²) in [7, 11) is 0. The highest BCUT2D eigenvalue weighted by atomic mass is 32.2. The highest BCUT2D eigenvalue weighted by Crippen LogP contribution is 2.23. The number of non-ortho nitro benzene ring substituents is 1. The number of carbonyl (C=O) groups is 1. The summed E-state index contributed by atoms with van der Waals surface area (Å²) in [6.45, 7) is 3.52. The first-order chi connectivity index (χ1) is 14.6. The van der Waals surface area contributed by atoms with Crippen molar-refractivity contribution in [3.63, 3.8) is 0 Å². The quantitative estimate of drug-likeness (QED) is 0.196. The van der Waals surface area contributed by atoms with E-state index < -0.39 is 4.92 Å². The molecular formula is C21H23N3O4S2. The molecule has 30 heavy (non-hydrogen) atoms. The van der Waals surface area contributed by atoms with Gasteiger partial charge in [0.1, 0.15) is 0 Å². The Morgan fingerprint density at radius 1 is 1.27 bits per heavy atom. The van der Waals surface area contributed by atoms with Crippen LogP contribution in [0.5, 0.6) is 0 Å². The molecule has 0 aliphatic carbocycles. The van der Waals surface area contributed by atoms with Crippen LogP contribution in [-0.4, -0.2) is 34.4 Å². The molecule has 7 nitrogen and oxygen atoms in total. The fraction of sp³-hybridized carbons (Fsp3) is 0.333. The van der Waals surface area contributed by atoms with Gasteiger partial charge in [-0.05, 0) is 37.3 Å². The van der Waals surface area contributed by atoms with Crippen molar-refractivity contribution in [3.05, 3.63) is 63.4 Å². The molecule has 2 aromatic carbocycles. The average molecular weight is 446 g/mol. The number of rotatable bonds is 10. The van der Waals surface area contributed by atoms with E-state index in [-0.39, 0.29) is 11.6 Å². The minimum Gasteiger partial charge on any atom is -0.380 e. The van der Waals surface area contributed by atoms with Crippen LogP contribution in [-0.2, 0) is 16.1 Å². The van der Waals surface area contributed by atoms with Crippen molar-refractivity contribution < 1.29 is 14.5 Å². The third-order valence-electron chi connectivity index (χ3n) is 4.31. The lowest BCUT2D eigenvalue weighted by Crippen LogP contribution is -2.19. The number of nitro benzene ring substituents is 1. The van der Waals surface area contributed by atoms with Crippen molar-refractivity contribution in [2.45, 2.75) is 31.2 Å². The summed E-state index contributed by atoms with van der Waals surface area (Å²) in [6.07, 6.45) is 1.09. The molecule has 0 radical (unpaired) electrons. The molecule has 3 rings (SSSR count). The monoisotopic (exact) mass is 445 g/mol. The molecule has 0 unspecified atom stereocenters. The number of nitrogens with zero attached hydrogens (tertiary/aromatic N) is 3. The molecule has 158 valence electrons. The number of thiazole rings is 1. The zero-order valence-corrected chi connectivity index (χ0v) is 18.3.